The SMILES string of the molecule is CCN(CC)c1ccc(NC(=O)[C@@]23CCCC[C@H]2CNC3)cn1.Cl.Cl. The van der Waals surface area contributed by atoms with E-state index >= 15 is 0 Å². The van der Waals surface area contributed by atoms with E-state index in [2.05, 4.69) is 34.4 Å². The summed E-state index contributed by atoms with van der Waals surface area (Å²) in [5.41, 5.74) is 0.590. The summed E-state index contributed by atoms with van der Waals surface area (Å²) in [5, 5.41) is 6.54. The molecule has 2 atom stereocenters. The minimum absolute atomic E-state index is 0. The van der Waals surface area contributed by atoms with Gasteiger partial charge in [0.15, 0.2) is 0 Å². The van der Waals surface area contributed by atoms with Gasteiger partial charge in [0.1, 0.15) is 5.82 Å². The second-order valence-electron chi connectivity index (χ2n) is 6.76. The molecule has 0 radical (unpaired) electrons. The quantitative estimate of drug-likeness (QED) is 0.810. The van der Waals surface area contributed by atoms with E-state index in [-0.39, 0.29) is 36.1 Å². The number of amides is 1. The lowest BCUT2D eigenvalue weighted by Crippen LogP contribution is -2.44. The number of fused-ring (bicyclic) bond motifs is 1. The molecule has 1 saturated carbocycles. The molecule has 1 aliphatic carbocycles. The molecule has 0 spiro atoms. The van der Waals surface area contributed by atoms with Gasteiger partial charge in [0.05, 0.1) is 17.3 Å². The first-order chi connectivity index (χ1) is 11.2. The van der Waals surface area contributed by atoms with Crippen molar-refractivity contribution in [3.8, 4) is 0 Å². The zero-order chi connectivity index (χ0) is 16.3. The second kappa shape index (κ2) is 9.60. The molecule has 1 aliphatic heterocycles. The van der Waals surface area contributed by atoms with Gasteiger partial charge in [0.25, 0.3) is 0 Å². The molecule has 7 heteroatoms. The van der Waals surface area contributed by atoms with Crippen LogP contribution < -0.4 is 15.5 Å². The van der Waals surface area contributed by atoms with Crippen molar-refractivity contribution >= 4 is 42.2 Å². The van der Waals surface area contributed by atoms with Gasteiger partial charge in [-0.2, -0.15) is 0 Å². The van der Waals surface area contributed by atoms with Crippen LogP contribution in [0.5, 0.6) is 0 Å². The highest BCUT2D eigenvalue weighted by Gasteiger charge is 2.49. The fraction of sp³-hybridized carbons (Fsp3) is 0.667. The number of nitrogens with zero attached hydrogens (tertiary/aromatic N) is 2. The largest absolute Gasteiger partial charge is 0.357 e. The van der Waals surface area contributed by atoms with Crippen molar-refractivity contribution in [2.45, 2.75) is 39.5 Å². The van der Waals surface area contributed by atoms with E-state index in [4.69, 9.17) is 0 Å². The third kappa shape index (κ3) is 4.39. The molecule has 25 heavy (non-hydrogen) atoms. The van der Waals surface area contributed by atoms with Crippen molar-refractivity contribution in [2.75, 3.05) is 36.4 Å². The van der Waals surface area contributed by atoms with E-state index in [1.165, 1.54) is 12.8 Å². The fourth-order valence-corrected chi connectivity index (χ4v) is 4.14. The van der Waals surface area contributed by atoms with Crippen LogP contribution in [0.2, 0.25) is 0 Å². The van der Waals surface area contributed by atoms with Gasteiger partial charge in [-0.25, -0.2) is 4.98 Å². The van der Waals surface area contributed by atoms with Gasteiger partial charge in [-0.05, 0) is 51.3 Å². The van der Waals surface area contributed by atoms with E-state index in [9.17, 15) is 4.79 Å². The Hall–Kier alpha value is -1.04. The summed E-state index contributed by atoms with van der Waals surface area (Å²) >= 11 is 0. The highest BCUT2D eigenvalue weighted by Crippen LogP contribution is 2.44. The Morgan fingerprint density at radius 3 is 2.72 bits per heavy atom. The molecule has 1 amide bonds. The number of hydrogen-bond donors (Lipinski definition) is 2. The molecule has 142 valence electrons. The summed E-state index contributed by atoms with van der Waals surface area (Å²) in [7, 11) is 0. The molecule has 2 heterocycles. The molecule has 1 aromatic rings. The van der Waals surface area contributed by atoms with Crippen LogP contribution in [0.25, 0.3) is 0 Å². The lowest BCUT2D eigenvalue weighted by molar-refractivity contribution is -0.128. The van der Waals surface area contributed by atoms with Gasteiger partial charge in [-0.3, -0.25) is 4.79 Å². The minimum atomic E-state index is -0.213. The van der Waals surface area contributed by atoms with Gasteiger partial charge in [-0.1, -0.05) is 12.8 Å². The number of rotatable bonds is 5. The van der Waals surface area contributed by atoms with E-state index in [1.54, 1.807) is 6.20 Å². The van der Waals surface area contributed by atoms with Crippen molar-refractivity contribution in [1.29, 1.82) is 0 Å². The number of nitrogens with one attached hydrogen (secondary N) is 2. The Labute approximate surface area is 163 Å². The van der Waals surface area contributed by atoms with Crippen LogP contribution in [0.15, 0.2) is 18.3 Å². The summed E-state index contributed by atoms with van der Waals surface area (Å²) in [6.07, 6.45) is 6.36. The molecule has 3 rings (SSSR count). The topological polar surface area (TPSA) is 57.3 Å². The van der Waals surface area contributed by atoms with Gasteiger partial charge in [0.2, 0.25) is 5.91 Å². The highest BCUT2D eigenvalue weighted by atomic mass is 35.5. The standard InChI is InChI=1S/C18H28N4O.2ClH/c1-3-22(4-2)16-9-8-15(12-20-16)21-17(23)18-10-6-5-7-14(18)11-19-13-18;;/h8-9,12,14,19H,3-7,10-11,13H2,1-2H3,(H,21,23);2*1H/t14-,18+;;/m0../s1. The molecule has 2 N–H and O–H groups in total. The average molecular weight is 389 g/mol. The van der Waals surface area contributed by atoms with Crippen LogP contribution >= 0.6 is 24.8 Å². The lowest BCUT2D eigenvalue weighted by Gasteiger charge is -2.37. The maximum atomic E-state index is 12.9. The van der Waals surface area contributed by atoms with Crippen LogP contribution in [0.4, 0.5) is 11.5 Å². The van der Waals surface area contributed by atoms with Crippen LogP contribution in [0.1, 0.15) is 39.5 Å². The second-order valence-corrected chi connectivity index (χ2v) is 6.76. The number of aromatic nitrogens is 1. The first kappa shape index (κ1) is 22.0. The number of pyridine rings is 1. The molecule has 2 fully saturated rings. The van der Waals surface area contributed by atoms with Gasteiger partial charge in [0, 0.05) is 19.6 Å². The third-order valence-electron chi connectivity index (χ3n) is 5.58. The number of carbonyl (C=O) groups is 1. The molecule has 5 nitrogen and oxygen atoms in total. The Bertz CT molecular complexity index is 551. The third-order valence-corrected chi connectivity index (χ3v) is 5.58. The van der Waals surface area contributed by atoms with E-state index < -0.39 is 0 Å². The number of hydrogen-bond acceptors (Lipinski definition) is 4. The number of anilines is 2. The molecular weight excluding hydrogens is 359 g/mol. The zero-order valence-corrected chi connectivity index (χ0v) is 16.7. The summed E-state index contributed by atoms with van der Waals surface area (Å²) in [6, 6.07) is 3.96. The lowest BCUT2D eigenvalue weighted by atomic mass is 9.67. The summed E-state index contributed by atoms with van der Waals surface area (Å²) < 4.78 is 0. The smallest absolute Gasteiger partial charge is 0.232 e. The van der Waals surface area contributed by atoms with E-state index in [0.717, 1.165) is 50.5 Å². The maximum absolute atomic E-state index is 12.9. The first-order valence-electron chi connectivity index (χ1n) is 8.92. The fourth-order valence-electron chi connectivity index (χ4n) is 4.14. The number of halogens is 2. The Morgan fingerprint density at radius 2 is 2.08 bits per heavy atom. The molecule has 1 aromatic heterocycles. The Morgan fingerprint density at radius 1 is 1.32 bits per heavy atom. The molecule has 0 bridgehead atoms. The summed E-state index contributed by atoms with van der Waals surface area (Å²) in [6.45, 7) is 7.91. The highest BCUT2D eigenvalue weighted by molar-refractivity contribution is 5.96. The Kier molecular flexibility index (Phi) is 8.45. The van der Waals surface area contributed by atoms with Crippen LogP contribution in [0.3, 0.4) is 0 Å². The molecular formula is C18H30Cl2N4O. The molecule has 1 saturated heterocycles. The van der Waals surface area contributed by atoms with Crippen LogP contribution in [0, 0.1) is 11.3 Å². The first-order valence-corrected chi connectivity index (χ1v) is 8.92. The summed E-state index contributed by atoms with van der Waals surface area (Å²) in [5.74, 6) is 1.62. The van der Waals surface area contributed by atoms with Crippen LogP contribution in [-0.4, -0.2) is 37.1 Å². The van der Waals surface area contributed by atoms with Gasteiger partial charge >= 0.3 is 0 Å². The number of carbonyl (C=O) groups excluding carboxylic acids is 1. The zero-order valence-electron chi connectivity index (χ0n) is 15.1. The predicted octanol–water partition coefficient (Wildman–Crippen LogP) is 3.49. The normalized spacial score (nSPS) is 24.5. The van der Waals surface area contributed by atoms with E-state index in [1.807, 2.05) is 12.1 Å². The predicted molar refractivity (Wildman–Crippen MR) is 108 cm³/mol. The molecule has 0 unspecified atom stereocenters. The monoisotopic (exact) mass is 388 g/mol. The summed E-state index contributed by atoms with van der Waals surface area (Å²) in [4.78, 5) is 19.6. The Balaban J connectivity index is 0.00000156. The minimum Gasteiger partial charge on any atom is -0.357 e. The molecule has 2 aliphatic rings. The average Bonchev–Trinajstić information content (AvgIpc) is 3.03. The van der Waals surface area contributed by atoms with Gasteiger partial charge < -0.3 is 15.5 Å². The maximum Gasteiger partial charge on any atom is 0.232 e. The molecule has 0 aromatic carbocycles. The van der Waals surface area contributed by atoms with Crippen molar-refractivity contribution in [3.05, 3.63) is 18.3 Å². The van der Waals surface area contributed by atoms with Crippen molar-refractivity contribution in [3.63, 3.8) is 0 Å². The van der Waals surface area contributed by atoms with Crippen molar-refractivity contribution in [2.24, 2.45) is 11.3 Å². The van der Waals surface area contributed by atoms with Crippen LogP contribution in [-0.2, 0) is 4.79 Å². The van der Waals surface area contributed by atoms with E-state index in [0.29, 0.717) is 5.92 Å². The van der Waals surface area contributed by atoms with Crippen molar-refractivity contribution in [1.82, 2.24) is 10.3 Å². The van der Waals surface area contributed by atoms with Gasteiger partial charge in [-0.15, -0.1) is 24.8 Å². The van der Waals surface area contributed by atoms with Crippen molar-refractivity contribution < 1.29 is 4.79 Å².